The van der Waals surface area contributed by atoms with Crippen molar-refractivity contribution in [2.24, 2.45) is 0 Å². The van der Waals surface area contributed by atoms with Crippen LogP contribution in [0, 0.1) is 17.0 Å². The van der Waals surface area contributed by atoms with E-state index in [9.17, 15) is 14.9 Å². The Labute approximate surface area is 113 Å². The van der Waals surface area contributed by atoms with Gasteiger partial charge in [-0.25, -0.2) is 0 Å². The summed E-state index contributed by atoms with van der Waals surface area (Å²) in [6.07, 6.45) is 0. The van der Waals surface area contributed by atoms with Gasteiger partial charge in [-0.05, 0) is 30.7 Å². The average Bonchev–Trinajstić information content (AvgIpc) is 2.82. The van der Waals surface area contributed by atoms with Gasteiger partial charge in [0, 0.05) is 0 Å². The number of furan rings is 1. The fraction of sp³-hybridized carbons (Fsp3) is 0.0833. The quantitative estimate of drug-likeness (QED) is 0.689. The minimum atomic E-state index is -0.713. The minimum absolute atomic E-state index is 0.150. The van der Waals surface area contributed by atoms with Crippen LogP contribution >= 0.6 is 11.6 Å². The zero-order chi connectivity index (χ0) is 14.0. The second kappa shape index (κ2) is 5.11. The Bertz CT molecular complexity index is 651. The zero-order valence-electron chi connectivity index (χ0n) is 9.84. The Kier molecular flexibility index (Phi) is 3.52. The molecule has 1 N–H and O–H groups in total. The van der Waals surface area contributed by atoms with Crippen molar-refractivity contribution < 1.29 is 14.1 Å². The van der Waals surface area contributed by atoms with Crippen LogP contribution in [0.2, 0.25) is 5.02 Å². The standard InChI is InChI=1S/C12H9ClN2O4/c1-7-2-3-9(8(13)6-7)14-12(16)10-4-5-11(19-10)15(17)18/h2-6H,1H3,(H,14,16). The normalized spacial score (nSPS) is 10.2. The van der Waals surface area contributed by atoms with E-state index >= 15 is 0 Å². The summed E-state index contributed by atoms with van der Waals surface area (Å²) in [7, 11) is 0. The Morgan fingerprint density at radius 3 is 2.68 bits per heavy atom. The van der Waals surface area contributed by atoms with Gasteiger partial charge in [-0.1, -0.05) is 17.7 Å². The molecule has 0 spiro atoms. The highest BCUT2D eigenvalue weighted by molar-refractivity contribution is 6.34. The number of nitrogens with zero attached hydrogens (tertiary/aromatic N) is 1. The molecule has 2 aromatic rings. The van der Waals surface area contributed by atoms with Gasteiger partial charge >= 0.3 is 5.88 Å². The second-order valence-electron chi connectivity index (χ2n) is 3.83. The maximum Gasteiger partial charge on any atom is 0.433 e. The largest absolute Gasteiger partial charge is 0.433 e. The van der Waals surface area contributed by atoms with E-state index in [0.29, 0.717) is 10.7 Å². The maximum absolute atomic E-state index is 11.8. The van der Waals surface area contributed by atoms with E-state index in [1.165, 1.54) is 6.07 Å². The molecule has 0 aliphatic rings. The summed E-state index contributed by atoms with van der Waals surface area (Å²) in [5, 5.41) is 13.3. The summed E-state index contributed by atoms with van der Waals surface area (Å²) in [6.45, 7) is 1.87. The van der Waals surface area contributed by atoms with Crippen LogP contribution in [0.15, 0.2) is 34.7 Å². The number of halogens is 1. The van der Waals surface area contributed by atoms with Crippen LogP contribution in [0.5, 0.6) is 0 Å². The fourth-order valence-electron chi connectivity index (χ4n) is 1.45. The van der Waals surface area contributed by atoms with Crippen molar-refractivity contribution in [1.82, 2.24) is 0 Å². The van der Waals surface area contributed by atoms with Gasteiger partial charge in [0.25, 0.3) is 5.91 Å². The molecule has 0 radical (unpaired) electrons. The highest BCUT2D eigenvalue weighted by Crippen LogP contribution is 2.24. The summed E-state index contributed by atoms with van der Waals surface area (Å²) >= 11 is 5.96. The topological polar surface area (TPSA) is 85.4 Å². The van der Waals surface area contributed by atoms with Gasteiger partial charge in [0.1, 0.15) is 4.92 Å². The van der Waals surface area contributed by atoms with E-state index < -0.39 is 16.7 Å². The first kappa shape index (κ1) is 13.1. The lowest BCUT2D eigenvalue weighted by Gasteiger charge is -2.05. The first-order valence-corrected chi connectivity index (χ1v) is 5.67. The molecule has 6 nitrogen and oxygen atoms in total. The van der Waals surface area contributed by atoms with E-state index in [-0.39, 0.29) is 5.76 Å². The van der Waals surface area contributed by atoms with Crippen molar-refractivity contribution in [2.75, 3.05) is 5.32 Å². The molecule has 0 aliphatic carbocycles. The van der Waals surface area contributed by atoms with Crippen molar-refractivity contribution in [2.45, 2.75) is 6.92 Å². The molecule has 7 heteroatoms. The summed E-state index contributed by atoms with van der Waals surface area (Å²) < 4.78 is 4.79. The number of rotatable bonds is 3. The molecule has 98 valence electrons. The lowest BCUT2D eigenvalue weighted by Crippen LogP contribution is -2.11. The number of anilines is 1. The molecule has 0 aliphatic heterocycles. The summed E-state index contributed by atoms with van der Waals surface area (Å²) in [4.78, 5) is 21.5. The number of hydrogen-bond donors (Lipinski definition) is 1. The molecule has 0 atom stereocenters. The van der Waals surface area contributed by atoms with Crippen LogP contribution in [0.25, 0.3) is 0 Å². The number of aryl methyl sites for hydroxylation is 1. The predicted molar refractivity (Wildman–Crippen MR) is 69.5 cm³/mol. The molecule has 0 bridgehead atoms. The van der Waals surface area contributed by atoms with E-state index in [4.69, 9.17) is 16.0 Å². The molecular formula is C12H9ClN2O4. The van der Waals surface area contributed by atoms with Crippen LogP contribution in [0.1, 0.15) is 16.1 Å². The van der Waals surface area contributed by atoms with Crippen molar-refractivity contribution in [3.63, 3.8) is 0 Å². The molecule has 1 aromatic heterocycles. The molecule has 1 aromatic carbocycles. The van der Waals surface area contributed by atoms with E-state index in [0.717, 1.165) is 11.6 Å². The van der Waals surface area contributed by atoms with Crippen LogP contribution in [-0.4, -0.2) is 10.8 Å². The van der Waals surface area contributed by atoms with Gasteiger partial charge in [-0.3, -0.25) is 14.9 Å². The smallest absolute Gasteiger partial charge is 0.395 e. The number of hydrogen-bond acceptors (Lipinski definition) is 4. The van der Waals surface area contributed by atoms with Crippen molar-refractivity contribution >= 4 is 29.1 Å². The van der Waals surface area contributed by atoms with Gasteiger partial charge in [0.2, 0.25) is 0 Å². The highest BCUT2D eigenvalue weighted by Gasteiger charge is 2.17. The Morgan fingerprint density at radius 1 is 1.37 bits per heavy atom. The second-order valence-corrected chi connectivity index (χ2v) is 4.24. The SMILES string of the molecule is Cc1ccc(NC(=O)c2ccc([N+](=O)[O-])o2)c(Cl)c1. The third-order valence-corrected chi connectivity index (χ3v) is 2.68. The van der Waals surface area contributed by atoms with Crippen molar-refractivity contribution in [3.05, 3.63) is 56.8 Å². The third-order valence-electron chi connectivity index (χ3n) is 2.37. The number of benzene rings is 1. The van der Waals surface area contributed by atoms with Crippen LogP contribution < -0.4 is 5.32 Å². The molecule has 1 amide bonds. The highest BCUT2D eigenvalue weighted by atomic mass is 35.5. The number of carbonyl (C=O) groups excluding carboxylic acids is 1. The van der Waals surface area contributed by atoms with E-state index in [1.807, 2.05) is 6.92 Å². The molecule has 19 heavy (non-hydrogen) atoms. The first-order valence-electron chi connectivity index (χ1n) is 5.29. The molecule has 0 fully saturated rings. The first-order chi connectivity index (χ1) is 8.97. The van der Waals surface area contributed by atoms with Gasteiger partial charge in [0.15, 0.2) is 5.76 Å². The molecular weight excluding hydrogens is 272 g/mol. The molecule has 1 heterocycles. The Balaban J connectivity index is 2.18. The molecule has 0 saturated heterocycles. The Morgan fingerprint density at radius 2 is 2.11 bits per heavy atom. The lowest BCUT2D eigenvalue weighted by atomic mass is 10.2. The lowest BCUT2D eigenvalue weighted by molar-refractivity contribution is -0.402. The third kappa shape index (κ3) is 2.92. The van der Waals surface area contributed by atoms with Crippen molar-refractivity contribution in [3.8, 4) is 0 Å². The fourth-order valence-corrected chi connectivity index (χ4v) is 1.74. The Hall–Kier alpha value is -2.34. The van der Waals surface area contributed by atoms with Gasteiger partial charge in [-0.2, -0.15) is 0 Å². The molecule has 2 rings (SSSR count). The van der Waals surface area contributed by atoms with Crippen LogP contribution in [0.4, 0.5) is 11.6 Å². The number of amides is 1. The van der Waals surface area contributed by atoms with Gasteiger partial charge < -0.3 is 9.73 Å². The summed E-state index contributed by atoms with van der Waals surface area (Å²) in [6, 6.07) is 7.47. The number of nitro groups is 1. The predicted octanol–water partition coefficient (Wildman–Crippen LogP) is 3.40. The van der Waals surface area contributed by atoms with E-state index in [1.54, 1.807) is 18.2 Å². The average molecular weight is 281 g/mol. The number of nitrogens with one attached hydrogen (secondary N) is 1. The monoisotopic (exact) mass is 280 g/mol. The van der Waals surface area contributed by atoms with Gasteiger partial charge in [0.05, 0.1) is 16.8 Å². The van der Waals surface area contributed by atoms with Crippen LogP contribution in [-0.2, 0) is 0 Å². The zero-order valence-corrected chi connectivity index (χ0v) is 10.6. The maximum atomic E-state index is 11.8. The molecule has 0 saturated carbocycles. The summed E-state index contributed by atoms with van der Waals surface area (Å²) in [5.41, 5.74) is 1.37. The van der Waals surface area contributed by atoms with Crippen LogP contribution in [0.3, 0.4) is 0 Å². The summed E-state index contributed by atoms with van der Waals surface area (Å²) in [5.74, 6) is -1.23. The number of carbonyl (C=O) groups is 1. The van der Waals surface area contributed by atoms with E-state index in [2.05, 4.69) is 5.32 Å². The molecule has 0 unspecified atom stereocenters. The van der Waals surface area contributed by atoms with Gasteiger partial charge in [-0.15, -0.1) is 0 Å². The van der Waals surface area contributed by atoms with Crippen molar-refractivity contribution in [1.29, 1.82) is 0 Å². The minimum Gasteiger partial charge on any atom is -0.395 e.